The Hall–Kier alpha value is -1.55. The van der Waals surface area contributed by atoms with E-state index in [0.29, 0.717) is 13.0 Å². The fourth-order valence-electron chi connectivity index (χ4n) is 2.44. The van der Waals surface area contributed by atoms with E-state index in [0.717, 1.165) is 38.5 Å². The van der Waals surface area contributed by atoms with Gasteiger partial charge in [0, 0.05) is 39.1 Å². The van der Waals surface area contributed by atoms with Crippen molar-refractivity contribution < 1.29 is 9.53 Å². The molecule has 0 bridgehead atoms. The molecule has 20 heavy (non-hydrogen) atoms. The molecule has 4 heteroatoms. The van der Waals surface area contributed by atoms with Gasteiger partial charge < -0.3 is 9.64 Å². The number of ether oxygens (including phenoxy) is 1. The molecule has 110 valence electrons. The number of rotatable bonds is 5. The molecule has 1 aromatic carbocycles. The highest BCUT2D eigenvalue weighted by atomic mass is 16.5. The summed E-state index contributed by atoms with van der Waals surface area (Å²) in [5, 5.41) is 0. The number of nitrogens with zero attached hydrogens (tertiary/aromatic N) is 2. The lowest BCUT2D eigenvalue weighted by molar-refractivity contribution is -0.132. The minimum atomic E-state index is 0.265. The molecule has 1 aliphatic rings. The Labute approximate surface area is 121 Å². The van der Waals surface area contributed by atoms with E-state index in [1.54, 1.807) is 0 Å². The summed E-state index contributed by atoms with van der Waals surface area (Å²) >= 11 is 0. The highest BCUT2D eigenvalue weighted by Gasteiger charge is 2.19. The van der Waals surface area contributed by atoms with E-state index in [1.165, 1.54) is 5.56 Å². The van der Waals surface area contributed by atoms with Crippen LogP contribution < -0.4 is 4.74 Å². The molecule has 4 nitrogen and oxygen atoms in total. The largest absolute Gasteiger partial charge is 0.492 e. The molecule has 1 aliphatic heterocycles. The average Bonchev–Trinajstić information content (AvgIpc) is 2.47. The molecule has 1 heterocycles. The summed E-state index contributed by atoms with van der Waals surface area (Å²) in [6, 6.07) is 8.12. The van der Waals surface area contributed by atoms with Crippen molar-refractivity contribution in [1.82, 2.24) is 9.80 Å². The van der Waals surface area contributed by atoms with Crippen LogP contribution in [-0.4, -0.2) is 55.0 Å². The number of carbonyl (C=O) groups is 1. The Morgan fingerprint density at radius 3 is 2.65 bits per heavy atom. The van der Waals surface area contributed by atoms with Crippen LogP contribution >= 0.6 is 0 Å². The van der Waals surface area contributed by atoms with Gasteiger partial charge in [-0.1, -0.05) is 19.1 Å². The first kappa shape index (κ1) is 14.9. The van der Waals surface area contributed by atoms with Crippen LogP contribution in [0.15, 0.2) is 24.3 Å². The summed E-state index contributed by atoms with van der Waals surface area (Å²) in [6.07, 6.45) is 0.608. The van der Waals surface area contributed by atoms with E-state index >= 15 is 0 Å². The second-order valence-corrected chi connectivity index (χ2v) is 5.24. The van der Waals surface area contributed by atoms with Gasteiger partial charge in [0.1, 0.15) is 12.4 Å². The molecule has 0 radical (unpaired) electrons. The van der Waals surface area contributed by atoms with Gasteiger partial charge in [-0.2, -0.15) is 0 Å². The fraction of sp³-hybridized carbons (Fsp3) is 0.562. The van der Waals surface area contributed by atoms with E-state index in [-0.39, 0.29) is 5.91 Å². The van der Waals surface area contributed by atoms with Crippen LogP contribution in [0.2, 0.25) is 0 Å². The van der Waals surface area contributed by atoms with Crippen LogP contribution in [0.5, 0.6) is 5.75 Å². The van der Waals surface area contributed by atoms with Crippen molar-refractivity contribution in [2.45, 2.75) is 20.3 Å². The predicted octanol–water partition coefficient (Wildman–Crippen LogP) is 1.93. The van der Waals surface area contributed by atoms with Crippen molar-refractivity contribution in [2.75, 3.05) is 39.3 Å². The van der Waals surface area contributed by atoms with E-state index in [9.17, 15) is 4.79 Å². The van der Waals surface area contributed by atoms with Crippen molar-refractivity contribution in [3.63, 3.8) is 0 Å². The molecule has 1 aromatic rings. The highest BCUT2D eigenvalue weighted by Crippen LogP contribution is 2.12. The van der Waals surface area contributed by atoms with Crippen LogP contribution in [0.3, 0.4) is 0 Å². The predicted molar refractivity (Wildman–Crippen MR) is 80.0 cm³/mol. The van der Waals surface area contributed by atoms with E-state index in [1.807, 2.05) is 24.0 Å². The van der Waals surface area contributed by atoms with E-state index in [2.05, 4.69) is 24.0 Å². The maximum Gasteiger partial charge on any atom is 0.222 e. The van der Waals surface area contributed by atoms with Gasteiger partial charge in [-0.05, 0) is 24.6 Å². The van der Waals surface area contributed by atoms with Crippen LogP contribution in [-0.2, 0) is 4.79 Å². The van der Waals surface area contributed by atoms with Gasteiger partial charge in [-0.25, -0.2) is 0 Å². The van der Waals surface area contributed by atoms with Crippen molar-refractivity contribution in [3.05, 3.63) is 29.8 Å². The Balaban J connectivity index is 1.67. The molecule has 0 saturated carbocycles. The molecule has 0 atom stereocenters. The number of hydrogen-bond donors (Lipinski definition) is 0. The number of carbonyl (C=O) groups excluding carboxylic acids is 1. The summed E-state index contributed by atoms with van der Waals surface area (Å²) in [7, 11) is 0. The lowest BCUT2D eigenvalue weighted by Gasteiger charge is -2.34. The maximum atomic E-state index is 11.6. The van der Waals surface area contributed by atoms with E-state index in [4.69, 9.17) is 4.74 Å². The lowest BCUT2D eigenvalue weighted by Crippen LogP contribution is -2.49. The number of benzene rings is 1. The smallest absolute Gasteiger partial charge is 0.222 e. The highest BCUT2D eigenvalue weighted by molar-refractivity contribution is 5.75. The van der Waals surface area contributed by atoms with Crippen molar-refractivity contribution in [3.8, 4) is 5.75 Å². The standard InChI is InChI=1S/C16H24N2O2/c1-3-16(19)18-9-7-17(8-10-18)11-12-20-15-6-4-5-14(2)13-15/h4-6,13H,3,7-12H2,1-2H3. The van der Waals surface area contributed by atoms with Gasteiger partial charge in [0.15, 0.2) is 0 Å². The quantitative estimate of drug-likeness (QED) is 0.824. The first-order valence-corrected chi connectivity index (χ1v) is 7.38. The molecular formula is C16H24N2O2. The summed E-state index contributed by atoms with van der Waals surface area (Å²) in [5.41, 5.74) is 1.22. The summed E-state index contributed by atoms with van der Waals surface area (Å²) in [5.74, 6) is 1.20. The zero-order valence-corrected chi connectivity index (χ0v) is 12.5. The molecule has 0 aromatic heterocycles. The van der Waals surface area contributed by atoms with Crippen LogP contribution in [0.25, 0.3) is 0 Å². The topological polar surface area (TPSA) is 32.8 Å². The lowest BCUT2D eigenvalue weighted by atomic mass is 10.2. The maximum absolute atomic E-state index is 11.6. The van der Waals surface area contributed by atoms with Crippen molar-refractivity contribution >= 4 is 5.91 Å². The third-order valence-electron chi connectivity index (χ3n) is 3.69. The second-order valence-electron chi connectivity index (χ2n) is 5.24. The Morgan fingerprint density at radius 1 is 1.25 bits per heavy atom. The first-order valence-electron chi connectivity index (χ1n) is 7.38. The molecule has 1 fully saturated rings. The molecular weight excluding hydrogens is 252 g/mol. The third kappa shape index (κ3) is 4.23. The zero-order chi connectivity index (χ0) is 14.4. The van der Waals surface area contributed by atoms with Crippen molar-refractivity contribution in [1.29, 1.82) is 0 Å². The number of aryl methyl sites for hydroxylation is 1. The monoisotopic (exact) mass is 276 g/mol. The summed E-state index contributed by atoms with van der Waals surface area (Å²) in [6.45, 7) is 9.19. The van der Waals surface area contributed by atoms with Crippen molar-refractivity contribution in [2.24, 2.45) is 0 Å². The molecule has 0 spiro atoms. The third-order valence-corrected chi connectivity index (χ3v) is 3.69. The minimum Gasteiger partial charge on any atom is -0.492 e. The molecule has 0 unspecified atom stereocenters. The molecule has 1 amide bonds. The number of piperazine rings is 1. The van der Waals surface area contributed by atoms with Gasteiger partial charge >= 0.3 is 0 Å². The first-order chi connectivity index (χ1) is 9.69. The van der Waals surface area contributed by atoms with E-state index < -0.39 is 0 Å². The van der Waals surface area contributed by atoms with Gasteiger partial charge in [0.25, 0.3) is 0 Å². The van der Waals surface area contributed by atoms with Gasteiger partial charge in [0.2, 0.25) is 5.91 Å². The van der Waals surface area contributed by atoms with Gasteiger partial charge in [-0.3, -0.25) is 9.69 Å². The normalized spacial score (nSPS) is 16.2. The van der Waals surface area contributed by atoms with Gasteiger partial charge in [-0.15, -0.1) is 0 Å². The van der Waals surface area contributed by atoms with Crippen LogP contribution in [0.1, 0.15) is 18.9 Å². The number of hydrogen-bond acceptors (Lipinski definition) is 3. The van der Waals surface area contributed by atoms with Gasteiger partial charge in [0.05, 0.1) is 0 Å². The van der Waals surface area contributed by atoms with Crippen LogP contribution in [0, 0.1) is 6.92 Å². The average molecular weight is 276 g/mol. The number of amides is 1. The summed E-state index contributed by atoms with van der Waals surface area (Å²) in [4.78, 5) is 15.9. The molecule has 0 N–H and O–H groups in total. The summed E-state index contributed by atoms with van der Waals surface area (Å²) < 4.78 is 5.76. The Bertz CT molecular complexity index is 440. The molecule has 1 saturated heterocycles. The van der Waals surface area contributed by atoms with Crippen LogP contribution in [0.4, 0.5) is 0 Å². The SMILES string of the molecule is CCC(=O)N1CCN(CCOc2cccc(C)c2)CC1. The second kappa shape index (κ2) is 7.29. The fourth-order valence-corrected chi connectivity index (χ4v) is 2.44. The zero-order valence-electron chi connectivity index (χ0n) is 12.5. The Morgan fingerprint density at radius 2 is 2.00 bits per heavy atom. The molecule has 0 aliphatic carbocycles. The molecule has 2 rings (SSSR count). The minimum absolute atomic E-state index is 0.265. The Kier molecular flexibility index (Phi) is 5.41.